The SMILES string of the molecule is O=[N+]([O-])[C@@H](c1ccccc1)[C@H](c1ccccc1)[N+](=O)[O-]. The molecule has 102 valence electrons. The topological polar surface area (TPSA) is 86.3 Å². The minimum Gasteiger partial charge on any atom is -0.264 e. The van der Waals surface area contributed by atoms with Crippen molar-refractivity contribution in [2.75, 3.05) is 0 Å². The highest BCUT2D eigenvalue weighted by atomic mass is 16.6. The van der Waals surface area contributed by atoms with Crippen LogP contribution < -0.4 is 0 Å². The zero-order valence-electron chi connectivity index (χ0n) is 10.5. The predicted octanol–water partition coefficient (Wildman–Crippen LogP) is 3.02. The van der Waals surface area contributed by atoms with Crippen molar-refractivity contribution in [3.8, 4) is 0 Å². The summed E-state index contributed by atoms with van der Waals surface area (Å²) >= 11 is 0. The Labute approximate surface area is 115 Å². The molecule has 0 aliphatic heterocycles. The molecule has 0 unspecified atom stereocenters. The van der Waals surface area contributed by atoms with Crippen LogP contribution in [0, 0.1) is 20.2 Å². The quantitative estimate of drug-likeness (QED) is 0.618. The molecule has 0 aliphatic carbocycles. The van der Waals surface area contributed by atoms with Gasteiger partial charge in [0, 0.05) is 21.0 Å². The Hall–Kier alpha value is -2.76. The minimum absolute atomic E-state index is 0.322. The highest BCUT2D eigenvalue weighted by Crippen LogP contribution is 2.33. The van der Waals surface area contributed by atoms with E-state index in [1.165, 1.54) is 24.3 Å². The van der Waals surface area contributed by atoms with Gasteiger partial charge in [-0.05, 0) is 0 Å². The van der Waals surface area contributed by atoms with Gasteiger partial charge in [0.25, 0.3) is 0 Å². The molecule has 0 aromatic heterocycles. The van der Waals surface area contributed by atoms with Crippen LogP contribution in [0.5, 0.6) is 0 Å². The van der Waals surface area contributed by atoms with Crippen LogP contribution in [0.15, 0.2) is 60.7 Å². The Balaban J connectivity index is 2.50. The predicted molar refractivity (Wildman–Crippen MR) is 72.4 cm³/mol. The van der Waals surface area contributed by atoms with E-state index in [1.54, 1.807) is 36.4 Å². The van der Waals surface area contributed by atoms with E-state index in [-0.39, 0.29) is 0 Å². The van der Waals surface area contributed by atoms with Gasteiger partial charge in [-0.1, -0.05) is 60.7 Å². The lowest BCUT2D eigenvalue weighted by Gasteiger charge is -2.15. The fraction of sp³-hybridized carbons (Fsp3) is 0.143. The summed E-state index contributed by atoms with van der Waals surface area (Å²) in [6.07, 6.45) is 0. The van der Waals surface area contributed by atoms with Gasteiger partial charge in [0.1, 0.15) is 0 Å². The van der Waals surface area contributed by atoms with E-state index in [4.69, 9.17) is 0 Å². The zero-order valence-corrected chi connectivity index (χ0v) is 10.5. The summed E-state index contributed by atoms with van der Waals surface area (Å²) in [6, 6.07) is 13.3. The molecule has 0 heterocycles. The average Bonchev–Trinajstić information content (AvgIpc) is 2.45. The van der Waals surface area contributed by atoms with Gasteiger partial charge >= 0.3 is 12.1 Å². The molecule has 0 aliphatic rings. The van der Waals surface area contributed by atoms with E-state index in [9.17, 15) is 20.2 Å². The maximum atomic E-state index is 11.3. The first kappa shape index (κ1) is 13.7. The highest BCUT2D eigenvalue weighted by molar-refractivity contribution is 5.24. The molecule has 0 spiro atoms. The monoisotopic (exact) mass is 272 g/mol. The second kappa shape index (κ2) is 5.92. The summed E-state index contributed by atoms with van der Waals surface area (Å²) in [6.45, 7) is 0. The maximum absolute atomic E-state index is 11.3. The lowest BCUT2D eigenvalue weighted by atomic mass is 9.94. The van der Waals surface area contributed by atoms with E-state index in [0.717, 1.165) is 0 Å². The average molecular weight is 272 g/mol. The summed E-state index contributed by atoms with van der Waals surface area (Å²) < 4.78 is 0. The van der Waals surface area contributed by atoms with Crippen LogP contribution in [0.3, 0.4) is 0 Å². The maximum Gasteiger partial charge on any atom is 0.308 e. The Morgan fingerprint density at radius 1 is 0.650 bits per heavy atom. The van der Waals surface area contributed by atoms with E-state index in [2.05, 4.69) is 0 Å². The summed E-state index contributed by atoms with van der Waals surface area (Å²) in [5.41, 5.74) is 0.645. The molecular weight excluding hydrogens is 260 g/mol. The van der Waals surface area contributed by atoms with Gasteiger partial charge in [-0.15, -0.1) is 0 Å². The first-order valence-electron chi connectivity index (χ1n) is 5.98. The van der Waals surface area contributed by atoms with Gasteiger partial charge in [-0.2, -0.15) is 0 Å². The molecule has 0 saturated heterocycles. The van der Waals surface area contributed by atoms with Crippen molar-refractivity contribution in [3.63, 3.8) is 0 Å². The van der Waals surface area contributed by atoms with Crippen molar-refractivity contribution in [2.45, 2.75) is 12.1 Å². The molecular formula is C14H12N2O4. The van der Waals surface area contributed by atoms with Crippen LogP contribution in [0.25, 0.3) is 0 Å². The second-order valence-electron chi connectivity index (χ2n) is 4.28. The van der Waals surface area contributed by atoms with E-state index in [1.807, 2.05) is 0 Å². The standard InChI is InChI=1S/C14H12N2O4/c17-15(18)13(11-7-3-1-4-8-11)14(16(19)20)12-9-5-2-6-10-12/h1-10,13-14H/t13-,14-/m0/s1. The molecule has 0 radical (unpaired) electrons. The van der Waals surface area contributed by atoms with Gasteiger partial charge in [0.15, 0.2) is 0 Å². The first-order valence-corrected chi connectivity index (χ1v) is 5.98. The zero-order chi connectivity index (χ0) is 14.5. The summed E-state index contributed by atoms with van der Waals surface area (Å²) in [7, 11) is 0. The van der Waals surface area contributed by atoms with Crippen LogP contribution in [0.4, 0.5) is 0 Å². The fourth-order valence-electron chi connectivity index (χ4n) is 2.14. The molecule has 2 rings (SSSR count). The molecule has 2 aromatic carbocycles. The van der Waals surface area contributed by atoms with Gasteiger partial charge in [-0.25, -0.2) is 0 Å². The van der Waals surface area contributed by atoms with Crippen LogP contribution in [-0.2, 0) is 0 Å². The van der Waals surface area contributed by atoms with Crippen molar-refractivity contribution in [1.82, 2.24) is 0 Å². The van der Waals surface area contributed by atoms with Gasteiger partial charge < -0.3 is 0 Å². The largest absolute Gasteiger partial charge is 0.308 e. The molecule has 6 nitrogen and oxygen atoms in total. The number of nitrogens with zero attached hydrogens (tertiary/aromatic N) is 2. The smallest absolute Gasteiger partial charge is 0.264 e. The van der Waals surface area contributed by atoms with Crippen molar-refractivity contribution in [3.05, 3.63) is 92.0 Å². The lowest BCUT2D eigenvalue weighted by molar-refractivity contribution is -0.628. The van der Waals surface area contributed by atoms with Crippen LogP contribution in [0.1, 0.15) is 23.2 Å². The van der Waals surface area contributed by atoms with Gasteiger partial charge in [0.05, 0.1) is 0 Å². The van der Waals surface area contributed by atoms with Gasteiger partial charge in [-0.3, -0.25) is 20.2 Å². The highest BCUT2D eigenvalue weighted by Gasteiger charge is 2.43. The Bertz CT molecular complexity index is 546. The number of hydrogen-bond donors (Lipinski definition) is 0. The summed E-state index contributed by atoms with van der Waals surface area (Å²) in [4.78, 5) is 21.4. The Morgan fingerprint density at radius 2 is 0.950 bits per heavy atom. The van der Waals surface area contributed by atoms with Gasteiger partial charge in [0.2, 0.25) is 0 Å². The van der Waals surface area contributed by atoms with Crippen molar-refractivity contribution < 1.29 is 9.85 Å². The molecule has 6 heteroatoms. The third-order valence-electron chi connectivity index (χ3n) is 3.04. The number of hydrogen-bond acceptors (Lipinski definition) is 4. The van der Waals surface area contributed by atoms with Crippen molar-refractivity contribution in [1.29, 1.82) is 0 Å². The number of benzene rings is 2. The van der Waals surface area contributed by atoms with Crippen LogP contribution in [0.2, 0.25) is 0 Å². The van der Waals surface area contributed by atoms with Crippen LogP contribution in [-0.4, -0.2) is 9.85 Å². The molecule has 0 fully saturated rings. The van der Waals surface area contributed by atoms with E-state index >= 15 is 0 Å². The molecule has 2 aromatic rings. The third kappa shape index (κ3) is 2.80. The van der Waals surface area contributed by atoms with E-state index < -0.39 is 21.9 Å². The normalized spacial score (nSPS) is 13.4. The minimum atomic E-state index is -1.41. The molecule has 0 saturated carbocycles. The molecule has 0 bridgehead atoms. The lowest BCUT2D eigenvalue weighted by Crippen LogP contribution is -2.25. The summed E-state index contributed by atoms with van der Waals surface area (Å²) in [5.74, 6) is 0. The molecule has 20 heavy (non-hydrogen) atoms. The molecule has 2 atom stereocenters. The Kier molecular flexibility index (Phi) is 4.05. The second-order valence-corrected chi connectivity index (χ2v) is 4.28. The number of rotatable bonds is 5. The molecule has 0 N–H and O–H groups in total. The van der Waals surface area contributed by atoms with Crippen LogP contribution >= 0.6 is 0 Å². The summed E-state index contributed by atoms with van der Waals surface area (Å²) in [5, 5.41) is 22.6. The van der Waals surface area contributed by atoms with E-state index in [0.29, 0.717) is 11.1 Å². The molecule has 0 amide bonds. The fourth-order valence-corrected chi connectivity index (χ4v) is 2.14. The van der Waals surface area contributed by atoms with Crippen molar-refractivity contribution in [2.24, 2.45) is 0 Å². The third-order valence-corrected chi connectivity index (χ3v) is 3.04. The first-order chi connectivity index (χ1) is 9.61. The Morgan fingerprint density at radius 3 is 1.20 bits per heavy atom. The number of nitro groups is 2. The van der Waals surface area contributed by atoms with Crippen molar-refractivity contribution >= 4 is 0 Å².